The van der Waals surface area contributed by atoms with Crippen LogP contribution in [0.2, 0.25) is 5.02 Å². The first-order valence-electron chi connectivity index (χ1n) is 10.1. The maximum absolute atomic E-state index is 13.8. The van der Waals surface area contributed by atoms with Crippen molar-refractivity contribution >= 4 is 58.1 Å². The molecule has 1 fully saturated rings. The number of anilines is 2. The number of alkyl halides is 4. The van der Waals surface area contributed by atoms with Crippen molar-refractivity contribution in [3.63, 3.8) is 0 Å². The molecule has 1 aliphatic carbocycles. The third kappa shape index (κ3) is 5.11. The minimum Gasteiger partial charge on any atom is -0.326 e. The van der Waals surface area contributed by atoms with Gasteiger partial charge in [-0.25, -0.2) is 26.9 Å². The number of nitrogens with one attached hydrogen (secondary N) is 2. The van der Waals surface area contributed by atoms with Crippen LogP contribution in [-0.4, -0.2) is 21.1 Å². The summed E-state index contributed by atoms with van der Waals surface area (Å²) in [4.78, 5) is 28.9. The standard InChI is InChI=1S/C23H13Cl3F5N3O2/c24-14-3-2-11(7-12(14)21(35)34-20-16(29)6-10(27)8-32-20)33-22(36)18-17(23(18,25)26)9-1-4-15(28)13(5-9)19(30)31/h1-8,17-19H,(H,33,36)(H,32,34,35)/t17-,18+/m1/s1. The molecule has 1 heterocycles. The van der Waals surface area contributed by atoms with Gasteiger partial charge in [0.1, 0.15) is 16.0 Å². The Kier molecular flexibility index (Phi) is 7.14. The van der Waals surface area contributed by atoms with E-state index in [0.717, 1.165) is 12.1 Å². The molecule has 0 bridgehead atoms. The Bertz CT molecular complexity index is 1370. The summed E-state index contributed by atoms with van der Waals surface area (Å²) in [5.74, 6) is -7.27. The van der Waals surface area contributed by atoms with Gasteiger partial charge in [0.2, 0.25) is 5.91 Å². The molecule has 188 valence electrons. The van der Waals surface area contributed by atoms with Gasteiger partial charge in [-0.3, -0.25) is 9.59 Å². The lowest BCUT2D eigenvalue weighted by atomic mass is 10.0. The van der Waals surface area contributed by atoms with E-state index in [4.69, 9.17) is 34.8 Å². The smallest absolute Gasteiger partial charge is 0.266 e. The van der Waals surface area contributed by atoms with Crippen LogP contribution in [0.25, 0.3) is 0 Å². The zero-order valence-electron chi connectivity index (χ0n) is 17.6. The number of benzene rings is 2. The maximum Gasteiger partial charge on any atom is 0.266 e. The van der Waals surface area contributed by atoms with Crippen molar-refractivity contribution < 1.29 is 31.5 Å². The SMILES string of the molecule is O=C(Nc1ncc(F)cc1F)c1cc(NC(=O)[C@@H]2[C@@H](c3ccc(F)c(C(F)F)c3)C2(Cl)Cl)ccc1Cl. The van der Waals surface area contributed by atoms with Gasteiger partial charge < -0.3 is 10.6 Å². The molecule has 36 heavy (non-hydrogen) atoms. The molecule has 4 rings (SSSR count). The fraction of sp³-hybridized carbons (Fsp3) is 0.174. The summed E-state index contributed by atoms with van der Waals surface area (Å²) in [6.07, 6.45) is -2.37. The van der Waals surface area contributed by atoms with Crippen molar-refractivity contribution in [3.8, 4) is 0 Å². The van der Waals surface area contributed by atoms with Crippen LogP contribution < -0.4 is 10.6 Å². The first-order valence-corrected chi connectivity index (χ1v) is 11.2. The van der Waals surface area contributed by atoms with E-state index >= 15 is 0 Å². The first-order chi connectivity index (χ1) is 16.9. The molecule has 2 amide bonds. The molecular formula is C23H13Cl3F5N3O2. The summed E-state index contributed by atoms with van der Waals surface area (Å²) in [6.45, 7) is 0. The Labute approximate surface area is 215 Å². The molecule has 1 saturated carbocycles. The second-order valence-electron chi connectivity index (χ2n) is 7.83. The minimum absolute atomic E-state index is 0.0489. The number of carbonyl (C=O) groups excluding carboxylic acids is 2. The number of nitrogens with zero attached hydrogens (tertiary/aromatic N) is 1. The maximum atomic E-state index is 13.8. The van der Waals surface area contributed by atoms with E-state index in [1.54, 1.807) is 0 Å². The van der Waals surface area contributed by atoms with Crippen LogP contribution in [0.3, 0.4) is 0 Å². The quantitative estimate of drug-likeness (QED) is 0.254. The van der Waals surface area contributed by atoms with Gasteiger partial charge in [-0.15, -0.1) is 23.2 Å². The number of carbonyl (C=O) groups is 2. The molecule has 0 radical (unpaired) electrons. The molecule has 2 aromatic carbocycles. The Hall–Kier alpha value is -2.95. The van der Waals surface area contributed by atoms with Crippen LogP contribution in [0.4, 0.5) is 33.5 Å². The van der Waals surface area contributed by atoms with Crippen molar-refractivity contribution in [1.82, 2.24) is 4.98 Å². The van der Waals surface area contributed by atoms with E-state index in [0.29, 0.717) is 12.3 Å². The van der Waals surface area contributed by atoms with Gasteiger partial charge in [0, 0.05) is 17.7 Å². The summed E-state index contributed by atoms with van der Waals surface area (Å²) in [7, 11) is 0. The zero-order chi connectivity index (χ0) is 26.4. The third-order valence-electron chi connectivity index (χ3n) is 5.47. The third-order valence-corrected chi connectivity index (χ3v) is 6.74. The van der Waals surface area contributed by atoms with Gasteiger partial charge in [-0.05, 0) is 35.9 Å². The van der Waals surface area contributed by atoms with Gasteiger partial charge in [-0.1, -0.05) is 17.7 Å². The fourth-order valence-electron chi connectivity index (χ4n) is 3.67. The normalized spacial score (nSPS) is 18.1. The van der Waals surface area contributed by atoms with Crippen molar-refractivity contribution in [3.05, 3.63) is 87.8 Å². The lowest BCUT2D eigenvalue weighted by Crippen LogP contribution is -2.19. The van der Waals surface area contributed by atoms with Crippen LogP contribution in [0.1, 0.15) is 33.8 Å². The van der Waals surface area contributed by atoms with Crippen molar-refractivity contribution in [1.29, 1.82) is 0 Å². The molecule has 0 aliphatic heterocycles. The largest absolute Gasteiger partial charge is 0.326 e. The first kappa shape index (κ1) is 26.1. The zero-order valence-corrected chi connectivity index (χ0v) is 19.9. The number of halogens is 8. The Balaban J connectivity index is 1.52. The summed E-state index contributed by atoms with van der Waals surface area (Å²) < 4.78 is 65.0. The van der Waals surface area contributed by atoms with Gasteiger partial charge in [0.05, 0.1) is 28.3 Å². The lowest BCUT2D eigenvalue weighted by Gasteiger charge is -2.10. The van der Waals surface area contributed by atoms with Crippen molar-refractivity contribution in [2.24, 2.45) is 5.92 Å². The highest BCUT2D eigenvalue weighted by Gasteiger charge is 2.67. The minimum atomic E-state index is -3.08. The van der Waals surface area contributed by atoms with Gasteiger partial charge in [-0.2, -0.15) is 0 Å². The average molecular weight is 565 g/mol. The Morgan fingerprint density at radius 2 is 1.69 bits per heavy atom. The van der Waals surface area contributed by atoms with E-state index < -0.39 is 63.2 Å². The van der Waals surface area contributed by atoms with Crippen LogP contribution in [0, 0.1) is 23.4 Å². The highest BCUT2D eigenvalue weighted by molar-refractivity contribution is 6.53. The van der Waals surface area contributed by atoms with Crippen molar-refractivity contribution in [2.45, 2.75) is 16.7 Å². The summed E-state index contributed by atoms with van der Waals surface area (Å²) in [6, 6.07) is 7.33. The molecule has 5 nitrogen and oxygen atoms in total. The number of hydrogen-bond donors (Lipinski definition) is 2. The molecule has 0 spiro atoms. The van der Waals surface area contributed by atoms with Crippen molar-refractivity contribution in [2.75, 3.05) is 10.6 Å². The van der Waals surface area contributed by atoms with E-state index in [2.05, 4.69) is 15.6 Å². The van der Waals surface area contributed by atoms with Gasteiger partial charge >= 0.3 is 0 Å². The van der Waals surface area contributed by atoms with Crippen LogP contribution in [0.15, 0.2) is 48.7 Å². The van der Waals surface area contributed by atoms with Gasteiger partial charge in [0.15, 0.2) is 11.6 Å². The molecule has 2 atom stereocenters. The van der Waals surface area contributed by atoms with Crippen LogP contribution in [-0.2, 0) is 4.79 Å². The Morgan fingerprint density at radius 1 is 0.972 bits per heavy atom. The van der Waals surface area contributed by atoms with Crippen LogP contribution in [0.5, 0.6) is 0 Å². The summed E-state index contributed by atoms with van der Waals surface area (Å²) in [5.41, 5.74) is -0.773. The summed E-state index contributed by atoms with van der Waals surface area (Å²) in [5, 5.41) is 4.60. The van der Waals surface area contributed by atoms with E-state index in [1.807, 2.05) is 0 Å². The molecular weight excluding hydrogens is 552 g/mol. The molecule has 0 saturated heterocycles. The average Bonchev–Trinajstić information content (AvgIpc) is 3.39. The highest BCUT2D eigenvalue weighted by Crippen LogP contribution is 2.65. The Morgan fingerprint density at radius 3 is 2.36 bits per heavy atom. The van der Waals surface area contributed by atoms with E-state index in [9.17, 15) is 31.5 Å². The molecule has 2 N–H and O–H groups in total. The van der Waals surface area contributed by atoms with E-state index in [-0.39, 0.29) is 21.8 Å². The second kappa shape index (κ2) is 9.84. The van der Waals surface area contributed by atoms with Crippen LogP contribution >= 0.6 is 34.8 Å². The molecule has 1 aliphatic rings. The lowest BCUT2D eigenvalue weighted by molar-refractivity contribution is -0.117. The molecule has 3 aromatic rings. The fourth-order valence-corrected chi connectivity index (χ4v) is 4.70. The monoisotopic (exact) mass is 563 g/mol. The number of pyridine rings is 1. The number of amides is 2. The summed E-state index contributed by atoms with van der Waals surface area (Å²) >= 11 is 18.5. The number of rotatable bonds is 6. The van der Waals surface area contributed by atoms with E-state index in [1.165, 1.54) is 24.3 Å². The number of aromatic nitrogens is 1. The topological polar surface area (TPSA) is 71.1 Å². The van der Waals surface area contributed by atoms with Gasteiger partial charge in [0.25, 0.3) is 12.3 Å². The second-order valence-corrected chi connectivity index (χ2v) is 9.68. The molecule has 0 unspecified atom stereocenters. The number of hydrogen-bond acceptors (Lipinski definition) is 3. The molecule has 1 aromatic heterocycles. The highest BCUT2D eigenvalue weighted by atomic mass is 35.5. The predicted octanol–water partition coefficient (Wildman–Crippen LogP) is 6.87. The molecule has 13 heteroatoms. The predicted molar refractivity (Wildman–Crippen MR) is 124 cm³/mol.